The summed E-state index contributed by atoms with van der Waals surface area (Å²) in [5.41, 5.74) is 2.95. The molecule has 2 aromatic carbocycles. The number of benzene rings is 2. The third-order valence-electron chi connectivity index (χ3n) is 5.75. The first kappa shape index (κ1) is 21.6. The fourth-order valence-electron chi connectivity index (χ4n) is 4.18. The molecule has 0 saturated heterocycles. The standard InChI is InChI=1S/C26H22ClN3O2/c1-18-6-5-14-29(17-18)24-23(20-9-11-21(27)12-10-20)22(16-28)25(31)30(26(24)32)15-13-19-7-3-2-4-8-19/h2-12,14,17,23-24H,13,15H2,1H3/p+1/t23-,24-/m0/s1. The van der Waals surface area contributed by atoms with Gasteiger partial charge in [-0.05, 0) is 42.7 Å². The highest BCUT2D eigenvalue weighted by Gasteiger charge is 2.49. The predicted octanol–water partition coefficient (Wildman–Crippen LogP) is 4.64. The minimum absolute atomic E-state index is 0.166. The molecular formula is C26H23ClN3O2+. The third-order valence-corrected chi connectivity index (χ3v) is 6.00. The number of aliphatic hydroxyl groups excluding tert-OH is 1. The second kappa shape index (κ2) is 9.25. The van der Waals surface area contributed by atoms with Crippen LogP contribution in [0.1, 0.15) is 28.7 Å². The van der Waals surface area contributed by atoms with Gasteiger partial charge in [0.05, 0.1) is 5.92 Å². The first-order valence-electron chi connectivity index (χ1n) is 10.4. The summed E-state index contributed by atoms with van der Waals surface area (Å²) in [5, 5.41) is 21.6. The van der Waals surface area contributed by atoms with Crippen molar-refractivity contribution in [3.63, 3.8) is 0 Å². The molecule has 4 rings (SSSR count). The number of nitrogens with zero attached hydrogens (tertiary/aromatic N) is 3. The Morgan fingerprint density at radius 1 is 1.09 bits per heavy atom. The molecule has 0 bridgehead atoms. The lowest BCUT2D eigenvalue weighted by molar-refractivity contribution is -0.712. The number of hydrogen-bond acceptors (Lipinski definition) is 3. The van der Waals surface area contributed by atoms with E-state index in [0.29, 0.717) is 11.4 Å². The number of carbonyl (C=O) groups is 1. The third kappa shape index (κ3) is 4.23. The quantitative estimate of drug-likeness (QED) is 0.583. The Bertz CT molecular complexity index is 1200. The second-order valence-corrected chi connectivity index (χ2v) is 8.31. The van der Waals surface area contributed by atoms with E-state index in [1.54, 1.807) is 24.3 Å². The average Bonchev–Trinajstić information content (AvgIpc) is 2.80. The number of allylic oxidation sites excluding steroid dienone is 1. The van der Waals surface area contributed by atoms with Crippen LogP contribution in [0.25, 0.3) is 0 Å². The number of hydrogen-bond donors (Lipinski definition) is 1. The number of aryl methyl sites for hydroxylation is 1. The first-order valence-corrected chi connectivity index (χ1v) is 10.8. The lowest BCUT2D eigenvalue weighted by atomic mass is 9.81. The molecule has 2 atom stereocenters. The molecule has 3 aromatic rings. The van der Waals surface area contributed by atoms with Crippen LogP contribution in [-0.4, -0.2) is 22.5 Å². The number of pyridine rings is 1. The number of aliphatic hydroxyl groups is 1. The minimum atomic E-state index is -0.711. The van der Waals surface area contributed by atoms with Gasteiger partial charge in [0.25, 0.3) is 5.91 Å². The fraction of sp³-hybridized carbons (Fsp3) is 0.192. The summed E-state index contributed by atoms with van der Waals surface area (Å²) in [7, 11) is 0. The number of nitriles is 1. The SMILES string of the molecule is Cc1ccc[n+]([C@@H]2C(=O)N(CCc3ccccc3)C(O)=C(C#N)[C@@H]2c2ccc(Cl)cc2)c1. The summed E-state index contributed by atoms with van der Waals surface area (Å²) >= 11 is 6.07. The molecule has 1 amide bonds. The Morgan fingerprint density at radius 3 is 2.47 bits per heavy atom. The molecule has 1 aliphatic rings. The van der Waals surface area contributed by atoms with Crippen LogP contribution in [0, 0.1) is 18.3 Å². The maximum atomic E-state index is 13.8. The summed E-state index contributed by atoms with van der Waals surface area (Å²) in [6.07, 6.45) is 4.27. The van der Waals surface area contributed by atoms with Crippen molar-refractivity contribution < 1.29 is 14.5 Å². The number of aromatic nitrogens is 1. The van der Waals surface area contributed by atoms with Crippen molar-refractivity contribution in [3.05, 3.63) is 112 Å². The number of carbonyl (C=O) groups excluding carboxylic acids is 1. The van der Waals surface area contributed by atoms with Crippen LogP contribution >= 0.6 is 11.6 Å². The van der Waals surface area contributed by atoms with E-state index >= 15 is 0 Å². The Labute approximate surface area is 192 Å². The minimum Gasteiger partial charge on any atom is -0.494 e. The molecule has 0 fully saturated rings. The second-order valence-electron chi connectivity index (χ2n) is 7.88. The van der Waals surface area contributed by atoms with Gasteiger partial charge in [-0.1, -0.05) is 54.1 Å². The molecule has 0 radical (unpaired) electrons. The van der Waals surface area contributed by atoms with E-state index in [-0.39, 0.29) is 23.9 Å². The van der Waals surface area contributed by atoms with Crippen LogP contribution in [0.15, 0.2) is 90.6 Å². The van der Waals surface area contributed by atoms with E-state index in [0.717, 1.165) is 16.7 Å². The molecule has 0 aliphatic carbocycles. The van der Waals surface area contributed by atoms with Crippen LogP contribution in [-0.2, 0) is 11.2 Å². The molecule has 0 saturated carbocycles. The van der Waals surface area contributed by atoms with Gasteiger partial charge in [0, 0.05) is 23.2 Å². The molecule has 0 unspecified atom stereocenters. The Morgan fingerprint density at radius 2 is 1.81 bits per heavy atom. The van der Waals surface area contributed by atoms with Crippen molar-refractivity contribution in [2.45, 2.75) is 25.3 Å². The highest BCUT2D eigenvalue weighted by molar-refractivity contribution is 6.30. The van der Waals surface area contributed by atoms with Crippen LogP contribution in [0.4, 0.5) is 0 Å². The summed E-state index contributed by atoms with van der Waals surface area (Å²) < 4.78 is 1.83. The van der Waals surface area contributed by atoms with Crippen molar-refractivity contribution >= 4 is 17.5 Å². The van der Waals surface area contributed by atoms with Gasteiger partial charge < -0.3 is 5.11 Å². The van der Waals surface area contributed by atoms with E-state index in [9.17, 15) is 15.2 Å². The van der Waals surface area contributed by atoms with Crippen LogP contribution in [0.5, 0.6) is 0 Å². The number of amides is 1. The maximum Gasteiger partial charge on any atom is 0.299 e. The lowest BCUT2D eigenvalue weighted by Gasteiger charge is -2.34. The van der Waals surface area contributed by atoms with E-state index in [2.05, 4.69) is 6.07 Å². The van der Waals surface area contributed by atoms with Gasteiger partial charge in [-0.15, -0.1) is 0 Å². The van der Waals surface area contributed by atoms with Crippen LogP contribution in [0.2, 0.25) is 5.02 Å². The van der Waals surface area contributed by atoms with Gasteiger partial charge in [-0.2, -0.15) is 9.83 Å². The lowest BCUT2D eigenvalue weighted by Crippen LogP contribution is -2.55. The topological polar surface area (TPSA) is 68.2 Å². The van der Waals surface area contributed by atoms with E-state index < -0.39 is 12.0 Å². The van der Waals surface area contributed by atoms with Crippen molar-refractivity contribution in [2.24, 2.45) is 0 Å². The average molecular weight is 445 g/mol. The summed E-state index contributed by atoms with van der Waals surface area (Å²) in [5.74, 6) is -1.17. The largest absolute Gasteiger partial charge is 0.494 e. The fourth-order valence-corrected chi connectivity index (χ4v) is 4.30. The van der Waals surface area contributed by atoms with E-state index in [1.807, 2.05) is 66.3 Å². The molecule has 160 valence electrons. The molecule has 1 aliphatic heterocycles. The highest BCUT2D eigenvalue weighted by atomic mass is 35.5. The normalized spacial score (nSPS) is 18.5. The smallest absolute Gasteiger partial charge is 0.299 e. The first-order chi connectivity index (χ1) is 15.5. The van der Waals surface area contributed by atoms with Crippen molar-refractivity contribution in [1.82, 2.24) is 4.90 Å². The Hall–Kier alpha value is -3.62. The Balaban J connectivity index is 1.81. The van der Waals surface area contributed by atoms with Gasteiger partial charge in [0.15, 0.2) is 12.4 Å². The maximum absolute atomic E-state index is 13.8. The molecule has 2 heterocycles. The Kier molecular flexibility index (Phi) is 6.25. The van der Waals surface area contributed by atoms with Crippen LogP contribution in [0.3, 0.4) is 0 Å². The zero-order valence-electron chi connectivity index (χ0n) is 17.6. The zero-order chi connectivity index (χ0) is 22.7. The van der Waals surface area contributed by atoms with Crippen molar-refractivity contribution in [3.8, 4) is 6.07 Å². The zero-order valence-corrected chi connectivity index (χ0v) is 18.4. The van der Waals surface area contributed by atoms with Crippen molar-refractivity contribution in [2.75, 3.05) is 6.54 Å². The van der Waals surface area contributed by atoms with E-state index in [1.165, 1.54) is 4.90 Å². The van der Waals surface area contributed by atoms with Gasteiger partial charge in [-0.3, -0.25) is 9.69 Å². The molecule has 0 spiro atoms. The molecule has 1 aromatic heterocycles. The molecule has 32 heavy (non-hydrogen) atoms. The summed E-state index contributed by atoms with van der Waals surface area (Å²) in [6, 6.07) is 22.1. The van der Waals surface area contributed by atoms with E-state index in [4.69, 9.17) is 11.6 Å². The monoisotopic (exact) mass is 444 g/mol. The van der Waals surface area contributed by atoms with Crippen LogP contribution < -0.4 is 4.57 Å². The van der Waals surface area contributed by atoms with Gasteiger partial charge >= 0.3 is 0 Å². The van der Waals surface area contributed by atoms with Gasteiger partial charge in [-0.25, -0.2) is 0 Å². The molecule has 6 heteroatoms. The molecular weight excluding hydrogens is 422 g/mol. The molecule has 5 nitrogen and oxygen atoms in total. The predicted molar refractivity (Wildman–Crippen MR) is 122 cm³/mol. The number of halogens is 1. The number of rotatable bonds is 5. The highest BCUT2D eigenvalue weighted by Crippen LogP contribution is 2.40. The van der Waals surface area contributed by atoms with Crippen molar-refractivity contribution in [1.29, 1.82) is 5.26 Å². The van der Waals surface area contributed by atoms with Gasteiger partial charge in [0.2, 0.25) is 11.9 Å². The summed E-state index contributed by atoms with van der Waals surface area (Å²) in [4.78, 5) is 15.1. The van der Waals surface area contributed by atoms with Gasteiger partial charge in [0.1, 0.15) is 11.6 Å². The summed E-state index contributed by atoms with van der Waals surface area (Å²) in [6.45, 7) is 2.23. The molecule has 1 N–H and O–H groups in total.